The van der Waals surface area contributed by atoms with Crippen molar-refractivity contribution < 1.29 is 9.90 Å². The number of hydrogen-bond acceptors (Lipinski definition) is 3. The molecule has 3 N–H and O–H groups in total. The summed E-state index contributed by atoms with van der Waals surface area (Å²) in [5.41, 5.74) is 8.63. The molecule has 18 heavy (non-hydrogen) atoms. The molecule has 3 heteroatoms. The lowest BCUT2D eigenvalue weighted by atomic mass is 9.98. The molecule has 2 aromatic carbocycles. The summed E-state index contributed by atoms with van der Waals surface area (Å²) in [5.74, 6) is -0.181. The van der Waals surface area contributed by atoms with Gasteiger partial charge in [-0.2, -0.15) is 0 Å². The smallest absolute Gasteiger partial charge is 0.196 e. The Balaban J connectivity index is 2.53. The van der Waals surface area contributed by atoms with Crippen LogP contribution in [0.1, 0.15) is 27.0 Å². The predicted molar refractivity (Wildman–Crippen MR) is 71.9 cm³/mol. The summed E-state index contributed by atoms with van der Waals surface area (Å²) in [4.78, 5) is 12.3. The van der Waals surface area contributed by atoms with Gasteiger partial charge >= 0.3 is 0 Å². The van der Waals surface area contributed by atoms with Gasteiger partial charge in [0.2, 0.25) is 0 Å². The number of carbonyl (C=O) groups excluding carboxylic acids is 1. The van der Waals surface area contributed by atoms with Crippen LogP contribution in [0.25, 0.3) is 0 Å². The van der Waals surface area contributed by atoms with Crippen molar-refractivity contribution in [2.75, 3.05) is 5.73 Å². The van der Waals surface area contributed by atoms with Crippen molar-refractivity contribution in [3.05, 3.63) is 58.7 Å². The van der Waals surface area contributed by atoms with Gasteiger partial charge in [-0.25, -0.2) is 0 Å². The summed E-state index contributed by atoms with van der Waals surface area (Å²) < 4.78 is 0. The fraction of sp³-hybridized carbons (Fsp3) is 0.133. The van der Waals surface area contributed by atoms with Crippen LogP contribution in [0.4, 0.5) is 5.69 Å². The third kappa shape index (κ3) is 2.20. The summed E-state index contributed by atoms with van der Waals surface area (Å²) in [6.45, 7) is 3.67. The molecule has 0 bridgehead atoms. The number of nitrogens with two attached hydrogens (primary N) is 1. The number of phenols is 1. The van der Waals surface area contributed by atoms with Crippen LogP contribution in [0.2, 0.25) is 0 Å². The van der Waals surface area contributed by atoms with Crippen LogP contribution in [0.5, 0.6) is 5.75 Å². The Labute approximate surface area is 106 Å². The van der Waals surface area contributed by atoms with Gasteiger partial charge in [-0.05, 0) is 43.2 Å². The fourth-order valence-corrected chi connectivity index (χ4v) is 1.97. The minimum atomic E-state index is -0.216. The molecule has 0 aromatic heterocycles. The topological polar surface area (TPSA) is 63.3 Å². The highest BCUT2D eigenvalue weighted by molar-refractivity contribution is 6.11. The molecule has 0 unspecified atom stereocenters. The first-order valence-electron chi connectivity index (χ1n) is 5.69. The van der Waals surface area contributed by atoms with Crippen molar-refractivity contribution >= 4 is 11.5 Å². The van der Waals surface area contributed by atoms with E-state index in [1.54, 1.807) is 37.3 Å². The number of phenolic OH excluding ortho intramolecular Hbond substituents is 1. The summed E-state index contributed by atoms with van der Waals surface area (Å²) in [6, 6.07) is 10.3. The summed E-state index contributed by atoms with van der Waals surface area (Å²) in [5, 5.41) is 9.97. The van der Waals surface area contributed by atoms with Crippen molar-refractivity contribution in [1.29, 1.82) is 0 Å². The quantitative estimate of drug-likeness (QED) is 0.627. The molecule has 0 aliphatic rings. The van der Waals surface area contributed by atoms with E-state index in [9.17, 15) is 9.90 Å². The Morgan fingerprint density at radius 1 is 1.17 bits per heavy atom. The molecule has 0 saturated carbocycles. The van der Waals surface area contributed by atoms with Crippen LogP contribution in [0.3, 0.4) is 0 Å². The van der Waals surface area contributed by atoms with Gasteiger partial charge in [-0.3, -0.25) is 4.79 Å². The largest absolute Gasteiger partial charge is 0.507 e. The zero-order valence-electron chi connectivity index (χ0n) is 10.4. The highest BCUT2D eigenvalue weighted by atomic mass is 16.3. The molecule has 0 heterocycles. The molecule has 92 valence electrons. The Morgan fingerprint density at radius 3 is 2.56 bits per heavy atom. The van der Waals surface area contributed by atoms with Crippen LogP contribution in [-0.4, -0.2) is 10.9 Å². The standard InChI is InChI=1S/C15H15NO2/c1-9-6-10(2)14(17)13(7-9)15(18)11-4-3-5-12(16)8-11/h3-8,17H,16H2,1-2H3. The Kier molecular flexibility index (Phi) is 3.06. The normalized spacial score (nSPS) is 10.3. The Hall–Kier alpha value is -2.29. The van der Waals surface area contributed by atoms with Gasteiger partial charge in [0.05, 0.1) is 5.56 Å². The van der Waals surface area contributed by atoms with E-state index in [2.05, 4.69) is 0 Å². The molecule has 2 aromatic rings. The molecule has 0 fully saturated rings. The SMILES string of the molecule is Cc1cc(C)c(O)c(C(=O)c2cccc(N)c2)c1. The monoisotopic (exact) mass is 241 g/mol. The van der Waals surface area contributed by atoms with Gasteiger partial charge in [-0.1, -0.05) is 18.2 Å². The lowest BCUT2D eigenvalue weighted by molar-refractivity contribution is 0.103. The maximum absolute atomic E-state index is 12.3. The van der Waals surface area contributed by atoms with E-state index in [4.69, 9.17) is 5.73 Å². The lowest BCUT2D eigenvalue weighted by Crippen LogP contribution is -2.03. The Morgan fingerprint density at radius 2 is 1.89 bits per heavy atom. The lowest BCUT2D eigenvalue weighted by Gasteiger charge is -2.08. The van der Waals surface area contributed by atoms with Gasteiger partial charge in [0.25, 0.3) is 0 Å². The first kappa shape index (κ1) is 12.2. The number of benzene rings is 2. The summed E-state index contributed by atoms with van der Waals surface area (Å²) in [6.07, 6.45) is 0. The molecular weight excluding hydrogens is 226 g/mol. The number of carbonyl (C=O) groups is 1. The number of hydrogen-bond donors (Lipinski definition) is 2. The number of aromatic hydroxyl groups is 1. The molecule has 0 saturated heterocycles. The number of nitrogen functional groups attached to an aromatic ring is 1. The van der Waals surface area contributed by atoms with Crippen LogP contribution in [-0.2, 0) is 0 Å². The van der Waals surface area contributed by atoms with Crippen LogP contribution >= 0.6 is 0 Å². The van der Waals surface area contributed by atoms with E-state index in [1.165, 1.54) is 0 Å². The molecule has 0 aliphatic carbocycles. The van der Waals surface area contributed by atoms with Crippen LogP contribution in [0.15, 0.2) is 36.4 Å². The van der Waals surface area contributed by atoms with Gasteiger partial charge in [0, 0.05) is 11.3 Å². The second kappa shape index (κ2) is 4.53. The van der Waals surface area contributed by atoms with E-state index >= 15 is 0 Å². The minimum absolute atomic E-state index is 0.0352. The fourth-order valence-electron chi connectivity index (χ4n) is 1.97. The average molecular weight is 241 g/mol. The third-order valence-electron chi connectivity index (χ3n) is 2.84. The van der Waals surface area contributed by atoms with Crippen molar-refractivity contribution in [3.8, 4) is 5.75 Å². The third-order valence-corrected chi connectivity index (χ3v) is 2.84. The van der Waals surface area contributed by atoms with Crippen LogP contribution < -0.4 is 5.73 Å². The van der Waals surface area contributed by atoms with Crippen molar-refractivity contribution in [2.45, 2.75) is 13.8 Å². The summed E-state index contributed by atoms with van der Waals surface area (Å²) >= 11 is 0. The average Bonchev–Trinajstić information content (AvgIpc) is 2.33. The van der Waals surface area contributed by atoms with Gasteiger partial charge in [-0.15, -0.1) is 0 Å². The second-order valence-electron chi connectivity index (χ2n) is 4.43. The number of anilines is 1. The zero-order valence-corrected chi connectivity index (χ0v) is 10.4. The maximum atomic E-state index is 12.3. The van der Waals surface area contributed by atoms with E-state index in [0.717, 1.165) is 5.56 Å². The second-order valence-corrected chi connectivity index (χ2v) is 4.43. The highest BCUT2D eigenvalue weighted by Crippen LogP contribution is 2.26. The molecular formula is C15H15NO2. The van der Waals surface area contributed by atoms with Crippen molar-refractivity contribution in [3.63, 3.8) is 0 Å². The zero-order chi connectivity index (χ0) is 13.3. The van der Waals surface area contributed by atoms with E-state index in [0.29, 0.717) is 22.4 Å². The first-order chi connectivity index (χ1) is 8.49. The van der Waals surface area contributed by atoms with Crippen molar-refractivity contribution in [2.24, 2.45) is 0 Å². The van der Waals surface area contributed by atoms with Gasteiger partial charge in [0.15, 0.2) is 5.78 Å². The predicted octanol–water partition coefficient (Wildman–Crippen LogP) is 2.82. The number of rotatable bonds is 2. The van der Waals surface area contributed by atoms with E-state index in [1.807, 2.05) is 13.0 Å². The van der Waals surface area contributed by atoms with E-state index in [-0.39, 0.29) is 11.5 Å². The van der Waals surface area contributed by atoms with Crippen molar-refractivity contribution in [1.82, 2.24) is 0 Å². The Bertz CT molecular complexity index is 618. The molecule has 0 atom stereocenters. The highest BCUT2D eigenvalue weighted by Gasteiger charge is 2.15. The van der Waals surface area contributed by atoms with Gasteiger partial charge in [0.1, 0.15) is 5.75 Å². The summed E-state index contributed by atoms with van der Waals surface area (Å²) in [7, 11) is 0. The van der Waals surface area contributed by atoms with Gasteiger partial charge < -0.3 is 10.8 Å². The first-order valence-corrected chi connectivity index (χ1v) is 5.69. The van der Waals surface area contributed by atoms with E-state index < -0.39 is 0 Å². The molecule has 0 radical (unpaired) electrons. The van der Waals surface area contributed by atoms with Crippen LogP contribution in [0, 0.1) is 13.8 Å². The molecule has 0 aliphatic heterocycles. The molecule has 0 spiro atoms. The molecule has 2 rings (SSSR count). The molecule has 3 nitrogen and oxygen atoms in total. The number of ketones is 1. The molecule has 0 amide bonds. The minimum Gasteiger partial charge on any atom is -0.507 e. The number of aryl methyl sites for hydroxylation is 2. The maximum Gasteiger partial charge on any atom is 0.196 e.